The Balaban J connectivity index is 2.14. The molecule has 0 saturated carbocycles. The Morgan fingerprint density at radius 1 is 1.05 bits per heavy atom. The lowest BCUT2D eigenvalue weighted by Gasteiger charge is -2.18. The third-order valence-electron chi connectivity index (χ3n) is 3.31. The summed E-state index contributed by atoms with van der Waals surface area (Å²) < 4.78 is 13.1. The number of benzene rings is 2. The molecule has 0 aliphatic rings. The van der Waals surface area contributed by atoms with Crippen LogP contribution in [-0.4, -0.2) is 5.78 Å². The zero-order chi connectivity index (χ0) is 15.5. The van der Waals surface area contributed by atoms with Gasteiger partial charge in [0.1, 0.15) is 5.82 Å². The van der Waals surface area contributed by atoms with Gasteiger partial charge in [-0.05, 0) is 34.8 Å². The topological polar surface area (TPSA) is 17.1 Å². The normalized spacial score (nSPS) is 11.8. The Morgan fingerprint density at radius 2 is 1.71 bits per heavy atom. The molecule has 21 heavy (non-hydrogen) atoms. The summed E-state index contributed by atoms with van der Waals surface area (Å²) in [5.74, 6) is -0.390. The van der Waals surface area contributed by atoms with E-state index in [9.17, 15) is 9.18 Å². The van der Waals surface area contributed by atoms with Gasteiger partial charge in [-0.2, -0.15) is 0 Å². The highest BCUT2D eigenvalue weighted by Gasteiger charge is 2.13. The monoisotopic (exact) mass is 282 g/mol. The number of carbonyl (C=O) groups excluding carboxylic acids is 1. The summed E-state index contributed by atoms with van der Waals surface area (Å²) in [6, 6.07) is 13.8. The summed E-state index contributed by atoms with van der Waals surface area (Å²) in [5, 5.41) is 0. The van der Waals surface area contributed by atoms with Gasteiger partial charge in [0, 0.05) is 5.56 Å². The average molecular weight is 282 g/mol. The van der Waals surface area contributed by atoms with Crippen molar-refractivity contribution < 1.29 is 9.18 Å². The van der Waals surface area contributed by atoms with E-state index in [1.165, 1.54) is 23.8 Å². The van der Waals surface area contributed by atoms with Gasteiger partial charge >= 0.3 is 0 Å². The van der Waals surface area contributed by atoms with Crippen molar-refractivity contribution in [3.63, 3.8) is 0 Å². The number of ketones is 1. The fourth-order valence-electron chi connectivity index (χ4n) is 2.01. The van der Waals surface area contributed by atoms with E-state index in [1.807, 2.05) is 24.3 Å². The van der Waals surface area contributed by atoms with Crippen LogP contribution in [0.5, 0.6) is 0 Å². The molecule has 2 rings (SSSR count). The van der Waals surface area contributed by atoms with Crippen molar-refractivity contribution >= 4 is 11.9 Å². The second-order valence-corrected chi connectivity index (χ2v) is 6.08. The Bertz CT molecular complexity index is 661. The van der Waals surface area contributed by atoms with Crippen LogP contribution in [0.1, 0.15) is 42.3 Å². The SMILES string of the molecule is CC(C)(C)c1ccc(C(=O)/C=C/c2cccc(F)c2)cc1. The maximum Gasteiger partial charge on any atom is 0.185 e. The first kappa shape index (κ1) is 15.2. The number of halogens is 1. The number of hydrogen-bond acceptors (Lipinski definition) is 1. The molecule has 0 amide bonds. The van der Waals surface area contributed by atoms with Crippen LogP contribution in [0.25, 0.3) is 6.08 Å². The number of carbonyl (C=O) groups is 1. The Kier molecular flexibility index (Phi) is 4.37. The first-order valence-corrected chi connectivity index (χ1v) is 6.95. The number of hydrogen-bond donors (Lipinski definition) is 0. The molecule has 0 atom stereocenters. The molecule has 0 spiro atoms. The molecule has 1 nitrogen and oxygen atoms in total. The minimum absolute atomic E-state index is 0.0684. The van der Waals surface area contributed by atoms with Crippen LogP contribution in [0.15, 0.2) is 54.6 Å². The molecule has 2 heteroatoms. The average Bonchev–Trinajstić information content (AvgIpc) is 2.44. The molecule has 2 aromatic rings. The molecular formula is C19H19FO. The van der Waals surface area contributed by atoms with Gasteiger partial charge in [-0.3, -0.25) is 4.79 Å². The van der Waals surface area contributed by atoms with Crippen molar-refractivity contribution in [2.24, 2.45) is 0 Å². The lowest BCUT2D eigenvalue weighted by Crippen LogP contribution is -2.11. The van der Waals surface area contributed by atoms with Crippen LogP contribution in [-0.2, 0) is 5.41 Å². The van der Waals surface area contributed by atoms with E-state index in [2.05, 4.69) is 20.8 Å². The third kappa shape index (κ3) is 4.12. The molecule has 0 aliphatic heterocycles. The summed E-state index contributed by atoms with van der Waals surface area (Å²) in [6.45, 7) is 6.40. The van der Waals surface area contributed by atoms with Crippen LogP contribution >= 0.6 is 0 Å². The Labute approximate surface area is 125 Å². The summed E-state index contributed by atoms with van der Waals surface area (Å²) in [7, 11) is 0. The summed E-state index contributed by atoms with van der Waals surface area (Å²) in [6.07, 6.45) is 3.10. The summed E-state index contributed by atoms with van der Waals surface area (Å²) in [4.78, 5) is 12.1. The molecule has 0 aromatic heterocycles. The predicted octanol–water partition coefficient (Wildman–Crippen LogP) is 5.02. The van der Waals surface area contributed by atoms with Crippen LogP contribution in [0.4, 0.5) is 4.39 Å². The molecule has 0 aliphatic carbocycles. The molecule has 0 fully saturated rings. The van der Waals surface area contributed by atoms with E-state index >= 15 is 0 Å². The molecule has 0 heterocycles. The van der Waals surface area contributed by atoms with Crippen LogP contribution in [0.2, 0.25) is 0 Å². The molecule has 0 unspecified atom stereocenters. The standard InChI is InChI=1S/C19H19FO/c1-19(2,3)16-10-8-15(9-11-16)18(21)12-7-14-5-4-6-17(20)13-14/h4-13H,1-3H3/b12-7+. The van der Waals surface area contributed by atoms with Crippen LogP contribution in [0, 0.1) is 5.82 Å². The van der Waals surface area contributed by atoms with Gasteiger partial charge in [0.2, 0.25) is 0 Å². The smallest absolute Gasteiger partial charge is 0.185 e. The highest BCUT2D eigenvalue weighted by molar-refractivity contribution is 6.06. The van der Waals surface area contributed by atoms with Crippen LogP contribution < -0.4 is 0 Å². The van der Waals surface area contributed by atoms with Gasteiger partial charge in [0.05, 0.1) is 0 Å². The molecule has 0 radical (unpaired) electrons. The number of allylic oxidation sites excluding steroid dienone is 1. The lowest BCUT2D eigenvalue weighted by molar-refractivity contribution is 0.104. The van der Waals surface area contributed by atoms with Gasteiger partial charge in [-0.15, -0.1) is 0 Å². The zero-order valence-electron chi connectivity index (χ0n) is 12.6. The highest BCUT2D eigenvalue weighted by atomic mass is 19.1. The molecular weight excluding hydrogens is 263 g/mol. The Morgan fingerprint density at radius 3 is 2.29 bits per heavy atom. The largest absolute Gasteiger partial charge is 0.289 e. The summed E-state index contributed by atoms with van der Waals surface area (Å²) >= 11 is 0. The van der Waals surface area contributed by atoms with Crippen molar-refractivity contribution in [2.45, 2.75) is 26.2 Å². The van der Waals surface area contributed by atoms with E-state index in [-0.39, 0.29) is 17.0 Å². The molecule has 0 saturated heterocycles. The van der Waals surface area contributed by atoms with Gasteiger partial charge < -0.3 is 0 Å². The van der Waals surface area contributed by atoms with Crippen LogP contribution in [0.3, 0.4) is 0 Å². The predicted molar refractivity (Wildman–Crippen MR) is 84.9 cm³/mol. The minimum Gasteiger partial charge on any atom is -0.289 e. The zero-order valence-corrected chi connectivity index (χ0v) is 12.6. The van der Waals surface area contributed by atoms with Crippen molar-refractivity contribution in [1.82, 2.24) is 0 Å². The second kappa shape index (κ2) is 6.04. The maximum absolute atomic E-state index is 13.1. The van der Waals surface area contributed by atoms with E-state index < -0.39 is 0 Å². The highest BCUT2D eigenvalue weighted by Crippen LogP contribution is 2.22. The third-order valence-corrected chi connectivity index (χ3v) is 3.31. The van der Waals surface area contributed by atoms with E-state index in [0.717, 1.165) is 0 Å². The van der Waals surface area contributed by atoms with Gasteiger partial charge in [0.15, 0.2) is 5.78 Å². The van der Waals surface area contributed by atoms with Crippen molar-refractivity contribution in [3.8, 4) is 0 Å². The van der Waals surface area contributed by atoms with Crippen molar-refractivity contribution in [3.05, 3.63) is 77.1 Å². The fourth-order valence-corrected chi connectivity index (χ4v) is 2.01. The Hall–Kier alpha value is -2.22. The van der Waals surface area contributed by atoms with Crippen molar-refractivity contribution in [2.75, 3.05) is 0 Å². The molecule has 2 aromatic carbocycles. The molecule has 108 valence electrons. The van der Waals surface area contributed by atoms with Gasteiger partial charge in [-0.25, -0.2) is 4.39 Å². The van der Waals surface area contributed by atoms with E-state index in [0.29, 0.717) is 11.1 Å². The first-order valence-electron chi connectivity index (χ1n) is 6.95. The quantitative estimate of drug-likeness (QED) is 0.570. The van der Waals surface area contributed by atoms with E-state index in [1.54, 1.807) is 18.2 Å². The number of rotatable bonds is 3. The minimum atomic E-state index is -0.306. The van der Waals surface area contributed by atoms with Gasteiger partial charge in [-0.1, -0.05) is 63.2 Å². The molecule has 0 bridgehead atoms. The first-order chi connectivity index (χ1) is 9.86. The second-order valence-electron chi connectivity index (χ2n) is 6.08. The summed E-state index contributed by atoms with van der Waals surface area (Å²) in [5.41, 5.74) is 2.57. The van der Waals surface area contributed by atoms with Crippen molar-refractivity contribution in [1.29, 1.82) is 0 Å². The van der Waals surface area contributed by atoms with E-state index in [4.69, 9.17) is 0 Å². The molecule has 0 N–H and O–H groups in total. The van der Waals surface area contributed by atoms with Gasteiger partial charge in [0.25, 0.3) is 0 Å². The fraction of sp³-hybridized carbons (Fsp3) is 0.211. The maximum atomic E-state index is 13.1. The lowest BCUT2D eigenvalue weighted by atomic mass is 9.86.